The third-order valence-electron chi connectivity index (χ3n) is 10.6. The largest absolute Gasteiger partial charge is 0.378 e. The van der Waals surface area contributed by atoms with Crippen LogP contribution in [0.2, 0.25) is 0 Å². The summed E-state index contributed by atoms with van der Waals surface area (Å²) in [6.07, 6.45) is 9.91. The van der Waals surface area contributed by atoms with Crippen LogP contribution in [0.3, 0.4) is 0 Å². The van der Waals surface area contributed by atoms with Gasteiger partial charge in [0.15, 0.2) is 0 Å². The fourth-order valence-corrected chi connectivity index (χ4v) is 8.51. The molecule has 0 spiro atoms. The number of para-hydroxylation sites is 1. The summed E-state index contributed by atoms with van der Waals surface area (Å²) in [5.41, 5.74) is -0.465. The zero-order chi connectivity index (χ0) is 37.5. The highest BCUT2D eigenvalue weighted by atomic mass is 32.2. The number of thioether (sulfide) groups is 1. The van der Waals surface area contributed by atoms with Gasteiger partial charge in [0.1, 0.15) is 18.0 Å². The molecule has 2 saturated heterocycles. The molecular formula is C38H60N6O7S. The quantitative estimate of drug-likeness (QED) is 0.0560. The Hall–Kier alpha value is -3.04. The van der Waals surface area contributed by atoms with Crippen molar-refractivity contribution in [2.45, 2.75) is 133 Å². The van der Waals surface area contributed by atoms with E-state index in [0.29, 0.717) is 75.4 Å². The molecule has 0 aromatic heterocycles. The first kappa shape index (κ1) is 41.7. The molecule has 3 unspecified atom stereocenters. The van der Waals surface area contributed by atoms with Crippen LogP contribution in [0, 0.1) is 11.8 Å². The van der Waals surface area contributed by atoms with Gasteiger partial charge in [-0.3, -0.25) is 39.5 Å². The molecule has 1 aromatic carbocycles. The zero-order valence-electron chi connectivity index (χ0n) is 30.9. The number of aliphatic hydroxyl groups excluding tert-OH is 1. The average molecular weight is 745 g/mol. The smallest absolute Gasteiger partial charge is 0.246 e. The van der Waals surface area contributed by atoms with Crippen molar-refractivity contribution in [2.24, 2.45) is 11.8 Å². The normalized spacial score (nSPS) is 25.9. The Labute approximate surface area is 312 Å². The maximum Gasteiger partial charge on any atom is 0.246 e. The average Bonchev–Trinajstić information content (AvgIpc) is 3.64. The van der Waals surface area contributed by atoms with E-state index in [2.05, 4.69) is 26.6 Å². The Kier molecular flexibility index (Phi) is 16.8. The molecule has 2 heterocycles. The standard InChI is InChI=1S/C38H60N6O7S/c1-38(51)21-20-30(43-38)36(49)42-29(35(48)41-28-12-6-3-7-13-28)14-8-5-11-23-52-31-24-33(46)44(37(31)50)22-10-4-9-15-32(45)40-25-26-16-18-27(19-17-26)34(47)39-2/h3,6-7,12-13,26-27,29-31,34,39,43,47,51H,4-5,8-11,14-25H2,1-2H3,(H,40,45)(H,41,48)(H,42,49)/t26?,27?,29-,30+,31?,34?,38?/m0/s1. The number of likely N-dealkylation sites (tertiary alicyclic amines) is 1. The van der Waals surface area contributed by atoms with Crippen molar-refractivity contribution >= 4 is 47.0 Å². The Bertz CT molecular complexity index is 1330. The molecule has 1 saturated carbocycles. The third kappa shape index (κ3) is 13.4. The van der Waals surface area contributed by atoms with E-state index < -0.39 is 24.0 Å². The van der Waals surface area contributed by atoms with Crippen molar-refractivity contribution in [3.05, 3.63) is 30.3 Å². The maximum absolute atomic E-state index is 13.1. The lowest BCUT2D eigenvalue weighted by Gasteiger charge is -2.31. The van der Waals surface area contributed by atoms with Crippen molar-refractivity contribution in [2.75, 3.05) is 31.2 Å². The predicted molar refractivity (Wildman–Crippen MR) is 202 cm³/mol. The molecule has 3 fully saturated rings. The van der Waals surface area contributed by atoms with Gasteiger partial charge >= 0.3 is 0 Å². The first-order chi connectivity index (χ1) is 25.0. The Balaban J connectivity index is 1.08. The van der Waals surface area contributed by atoms with E-state index >= 15 is 0 Å². The number of aliphatic hydroxyl groups is 2. The van der Waals surface area contributed by atoms with Crippen LogP contribution in [0.25, 0.3) is 0 Å². The second kappa shape index (κ2) is 21.0. The van der Waals surface area contributed by atoms with E-state index in [0.717, 1.165) is 44.9 Å². The van der Waals surface area contributed by atoms with Gasteiger partial charge in [0.2, 0.25) is 29.5 Å². The summed E-state index contributed by atoms with van der Waals surface area (Å²) in [6.45, 7) is 2.68. The molecular weight excluding hydrogens is 685 g/mol. The maximum atomic E-state index is 13.1. The van der Waals surface area contributed by atoms with E-state index in [4.69, 9.17) is 0 Å². The van der Waals surface area contributed by atoms with Crippen LogP contribution in [0.4, 0.5) is 5.69 Å². The summed E-state index contributed by atoms with van der Waals surface area (Å²) < 4.78 is 0. The summed E-state index contributed by atoms with van der Waals surface area (Å²) in [6, 6.07) is 7.78. The minimum absolute atomic E-state index is 0.0365. The lowest BCUT2D eigenvalue weighted by molar-refractivity contribution is -0.138. The van der Waals surface area contributed by atoms with Crippen LogP contribution < -0.4 is 26.6 Å². The molecule has 5 amide bonds. The highest BCUT2D eigenvalue weighted by molar-refractivity contribution is 8.00. The monoisotopic (exact) mass is 744 g/mol. The third-order valence-corrected chi connectivity index (χ3v) is 11.9. The number of anilines is 1. The first-order valence-corrected chi connectivity index (χ1v) is 20.2. The van der Waals surface area contributed by atoms with Crippen molar-refractivity contribution < 1.29 is 34.2 Å². The molecule has 0 radical (unpaired) electrons. The fourth-order valence-electron chi connectivity index (χ4n) is 7.33. The van der Waals surface area contributed by atoms with E-state index in [9.17, 15) is 34.2 Å². The van der Waals surface area contributed by atoms with Crippen molar-refractivity contribution in [3.8, 4) is 0 Å². The zero-order valence-corrected chi connectivity index (χ0v) is 31.7. The van der Waals surface area contributed by atoms with Gasteiger partial charge in [0.25, 0.3) is 0 Å². The van der Waals surface area contributed by atoms with Gasteiger partial charge in [-0.05, 0) is 108 Å². The molecule has 13 nitrogen and oxygen atoms in total. The SMILES string of the molecule is CNC(O)C1CCC(CNC(=O)CCCCCN2C(=O)CC(SCCCCC[C@H](NC(=O)[C@H]3CCC(C)(O)N3)C(=O)Nc3ccccc3)C2=O)CC1. The minimum atomic E-state index is -1.11. The topological polar surface area (TPSA) is 189 Å². The minimum Gasteiger partial charge on any atom is -0.378 e. The van der Waals surface area contributed by atoms with Gasteiger partial charge < -0.3 is 26.2 Å². The van der Waals surface area contributed by atoms with Crippen molar-refractivity contribution in [1.82, 2.24) is 26.2 Å². The second-order valence-corrected chi connectivity index (χ2v) is 16.2. The van der Waals surface area contributed by atoms with Crippen molar-refractivity contribution in [1.29, 1.82) is 0 Å². The fraction of sp³-hybridized carbons (Fsp3) is 0.711. The number of unbranched alkanes of at least 4 members (excludes halogenated alkanes) is 4. The summed E-state index contributed by atoms with van der Waals surface area (Å²) in [5.74, 6) is 0.590. The lowest BCUT2D eigenvalue weighted by atomic mass is 9.81. The molecule has 1 aromatic rings. The highest BCUT2D eigenvalue weighted by Gasteiger charge is 2.39. The molecule has 2 aliphatic heterocycles. The van der Waals surface area contributed by atoms with Gasteiger partial charge in [0, 0.05) is 31.6 Å². The summed E-state index contributed by atoms with van der Waals surface area (Å²) in [7, 11) is 1.77. The Morgan fingerprint density at radius 2 is 1.73 bits per heavy atom. The van der Waals surface area contributed by atoms with E-state index in [1.54, 1.807) is 26.1 Å². The van der Waals surface area contributed by atoms with Gasteiger partial charge in [-0.1, -0.05) is 37.5 Å². The molecule has 52 heavy (non-hydrogen) atoms. The Morgan fingerprint density at radius 1 is 1.00 bits per heavy atom. The number of carbonyl (C=O) groups excluding carboxylic acids is 5. The van der Waals surface area contributed by atoms with Crippen LogP contribution in [-0.4, -0.2) is 99.8 Å². The number of carbonyl (C=O) groups is 5. The van der Waals surface area contributed by atoms with Gasteiger partial charge in [-0.15, -0.1) is 11.8 Å². The number of rotatable bonds is 21. The molecule has 0 bridgehead atoms. The van der Waals surface area contributed by atoms with Gasteiger partial charge in [-0.25, -0.2) is 0 Å². The van der Waals surface area contributed by atoms with Crippen LogP contribution in [0.5, 0.6) is 0 Å². The predicted octanol–water partition coefficient (Wildman–Crippen LogP) is 3.01. The molecule has 4 rings (SSSR count). The van der Waals surface area contributed by atoms with Crippen LogP contribution in [0.1, 0.15) is 103 Å². The molecule has 14 heteroatoms. The van der Waals surface area contributed by atoms with Crippen LogP contribution >= 0.6 is 11.8 Å². The number of imide groups is 1. The number of benzene rings is 1. The number of hydrogen-bond donors (Lipinski definition) is 7. The Morgan fingerprint density at radius 3 is 2.42 bits per heavy atom. The molecule has 3 aliphatic rings. The number of amides is 5. The molecule has 290 valence electrons. The lowest BCUT2D eigenvalue weighted by Crippen LogP contribution is -2.52. The molecule has 1 aliphatic carbocycles. The highest BCUT2D eigenvalue weighted by Crippen LogP contribution is 2.30. The van der Waals surface area contributed by atoms with Gasteiger partial charge in [-0.2, -0.15) is 0 Å². The first-order valence-electron chi connectivity index (χ1n) is 19.2. The number of hydrogen-bond acceptors (Lipinski definition) is 10. The van der Waals surface area contributed by atoms with Crippen LogP contribution in [-0.2, 0) is 24.0 Å². The van der Waals surface area contributed by atoms with Crippen molar-refractivity contribution in [3.63, 3.8) is 0 Å². The molecule has 7 N–H and O–H groups in total. The van der Waals surface area contributed by atoms with Crippen LogP contribution in [0.15, 0.2) is 30.3 Å². The van der Waals surface area contributed by atoms with Gasteiger partial charge in [0.05, 0.1) is 11.3 Å². The van der Waals surface area contributed by atoms with E-state index in [1.807, 2.05) is 18.2 Å². The summed E-state index contributed by atoms with van der Waals surface area (Å²) in [4.78, 5) is 65.4. The molecule has 5 atom stereocenters. The second-order valence-electron chi connectivity index (χ2n) is 14.9. The number of nitrogens with one attached hydrogen (secondary N) is 5. The number of nitrogens with zero attached hydrogens (tertiary/aromatic N) is 1. The summed E-state index contributed by atoms with van der Waals surface area (Å²) in [5, 5.41) is 34.4. The van der Waals surface area contributed by atoms with E-state index in [-0.39, 0.29) is 47.1 Å². The summed E-state index contributed by atoms with van der Waals surface area (Å²) >= 11 is 1.50. The van der Waals surface area contributed by atoms with E-state index in [1.165, 1.54) is 16.7 Å².